The fraction of sp³-hybridized carbons (Fsp3) is 0.205. The van der Waals surface area contributed by atoms with Crippen LogP contribution >= 0.6 is 0 Å². The molecule has 6 rings (SSSR count). The molecule has 0 aliphatic rings. The van der Waals surface area contributed by atoms with Crippen LogP contribution in [0.4, 0.5) is 15.9 Å². The number of aromatic nitrogens is 5. The number of aliphatic carboxylic acids is 2. The zero-order chi connectivity index (χ0) is 40.0. The van der Waals surface area contributed by atoms with Crippen molar-refractivity contribution >= 4 is 57.4 Å². The van der Waals surface area contributed by atoms with Crippen LogP contribution < -0.4 is 16.0 Å². The second kappa shape index (κ2) is 16.7. The van der Waals surface area contributed by atoms with E-state index in [1.54, 1.807) is 44.3 Å². The van der Waals surface area contributed by atoms with Crippen molar-refractivity contribution in [2.45, 2.75) is 46.2 Å². The van der Waals surface area contributed by atoms with Crippen molar-refractivity contribution in [3.8, 4) is 11.3 Å². The summed E-state index contributed by atoms with van der Waals surface area (Å²) in [4.78, 5) is 69.5. The molecule has 0 bridgehead atoms. The van der Waals surface area contributed by atoms with Gasteiger partial charge in [-0.3, -0.25) is 9.59 Å². The van der Waals surface area contributed by atoms with Gasteiger partial charge in [-0.05, 0) is 75.2 Å². The first-order valence-electron chi connectivity index (χ1n) is 16.8. The standard InChI is InChI=1S/C21H23N7O5.C18H14FNO2/c1-11-24-18(22)17-19(25-11)23-9-13(26-17)10-28(2)14-5-3-12(4-6-14)20(31)27-15(21(32)33)7-8-16(29)30;1-10-3-5-12(6-4-10)17-11(2)16(18(21)22)14-9-13(19)7-8-15(14)20-17/h3-6,9,15H,7-8,10H2,1-2H3,(H,27,31)(H,29,30)(H,32,33)(H2,22,23,24,25);3-9H,1-2H3,(H,21,22). The maximum atomic E-state index is 13.5. The number of aryl methyl sites for hydroxylation is 2. The summed E-state index contributed by atoms with van der Waals surface area (Å²) >= 11 is 0. The topological polar surface area (TPSA) is 235 Å². The molecular weight excluding hydrogens is 711 g/mol. The van der Waals surface area contributed by atoms with E-state index in [4.69, 9.17) is 10.8 Å². The highest BCUT2D eigenvalue weighted by molar-refractivity contribution is 6.05. The Balaban J connectivity index is 0.000000228. The number of nitrogens with one attached hydrogen (secondary N) is 1. The third-order valence-corrected chi connectivity index (χ3v) is 8.54. The molecule has 0 spiro atoms. The van der Waals surface area contributed by atoms with Gasteiger partial charge in [0, 0.05) is 35.7 Å². The molecule has 6 N–H and O–H groups in total. The Morgan fingerprint density at radius 3 is 2.22 bits per heavy atom. The van der Waals surface area contributed by atoms with Crippen LogP contribution in [-0.2, 0) is 16.1 Å². The van der Waals surface area contributed by atoms with Crippen LogP contribution in [0.3, 0.4) is 0 Å². The van der Waals surface area contributed by atoms with E-state index in [0.717, 1.165) is 16.8 Å². The van der Waals surface area contributed by atoms with Gasteiger partial charge >= 0.3 is 17.9 Å². The van der Waals surface area contributed by atoms with Crippen molar-refractivity contribution in [3.05, 3.63) is 113 Å². The molecule has 0 aliphatic heterocycles. The van der Waals surface area contributed by atoms with Crippen LogP contribution in [0.2, 0.25) is 0 Å². The van der Waals surface area contributed by atoms with Crippen molar-refractivity contribution in [1.29, 1.82) is 0 Å². The molecular formula is C39H37FN8O7. The second-order valence-corrected chi connectivity index (χ2v) is 12.7. The normalized spacial score (nSPS) is 11.4. The second-order valence-electron chi connectivity index (χ2n) is 12.7. The van der Waals surface area contributed by atoms with Gasteiger partial charge in [0.15, 0.2) is 17.0 Å². The smallest absolute Gasteiger partial charge is 0.336 e. The lowest BCUT2D eigenvalue weighted by Crippen LogP contribution is -2.41. The third-order valence-electron chi connectivity index (χ3n) is 8.54. The van der Waals surface area contributed by atoms with E-state index in [-0.39, 0.29) is 29.8 Å². The maximum Gasteiger partial charge on any atom is 0.336 e. The van der Waals surface area contributed by atoms with Crippen LogP contribution in [0.15, 0.2) is 72.9 Å². The van der Waals surface area contributed by atoms with Crippen molar-refractivity contribution in [2.24, 2.45) is 0 Å². The number of carbonyl (C=O) groups is 4. The van der Waals surface area contributed by atoms with E-state index in [0.29, 0.717) is 51.4 Å². The number of nitrogen functional groups attached to an aromatic ring is 1. The number of aromatic carboxylic acids is 1. The molecule has 3 heterocycles. The van der Waals surface area contributed by atoms with Crippen molar-refractivity contribution in [3.63, 3.8) is 0 Å². The molecule has 3 aromatic carbocycles. The number of fused-ring (bicyclic) bond motifs is 2. The zero-order valence-corrected chi connectivity index (χ0v) is 30.2. The highest BCUT2D eigenvalue weighted by atomic mass is 19.1. The minimum atomic E-state index is -1.29. The molecule has 1 atom stereocenters. The molecule has 6 aromatic rings. The van der Waals surface area contributed by atoms with Crippen LogP contribution in [0, 0.1) is 26.6 Å². The number of nitrogens with zero attached hydrogens (tertiary/aromatic N) is 6. The van der Waals surface area contributed by atoms with Crippen LogP contribution in [0.5, 0.6) is 0 Å². The summed E-state index contributed by atoms with van der Waals surface area (Å²) in [5.41, 5.74) is 12.1. The Hall–Kier alpha value is -7.10. The van der Waals surface area contributed by atoms with Gasteiger partial charge in [-0.1, -0.05) is 29.8 Å². The first-order valence-corrected chi connectivity index (χ1v) is 16.8. The highest BCUT2D eigenvalue weighted by Gasteiger charge is 2.22. The molecule has 1 amide bonds. The molecule has 0 saturated heterocycles. The predicted molar refractivity (Wildman–Crippen MR) is 202 cm³/mol. The number of hydrogen-bond acceptors (Lipinski definition) is 11. The van der Waals surface area contributed by atoms with Gasteiger partial charge in [0.05, 0.1) is 35.2 Å². The number of nitrogens with two attached hydrogens (primary N) is 1. The minimum absolute atomic E-state index is 0.0973. The summed E-state index contributed by atoms with van der Waals surface area (Å²) in [5.74, 6) is -3.81. The fourth-order valence-corrected chi connectivity index (χ4v) is 5.72. The average molecular weight is 749 g/mol. The van der Waals surface area contributed by atoms with Crippen LogP contribution in [0.25, 0.3) is 33.3 Å². The summed E-state index contributed by atoms with van der Waals surface area (Å²) in [7, 11) is 1.84. The summed E-state index contributed by atoms with van der Waals surface area (Å²) in [5, 5.41) is 30.1. The Bertz CT molecular complexity index is 2430. The number of pyridine rings is 1. The molecule has 15 nitrogen and oxygen atoms in total. The number of benzene rings is 3. The lowest BCUT2D eigenvalue weighted by molar-refractivity contribution is -0.140. The summed E-state index contributed by atoms with van der Waals surface area (Å²) in [6, 6.07) is 17.0. The average Bonchev–Trinajstić information content (AvgIpc) is 3.13. The highest BCUT2D eigenvalue weighted by Crippen LogP contribution is 2.30. The van der Waals surface area contributed by atoms with E-state index >= 15 is 0 Å². The van der Waals surface area contributed by atoms with Gasteiger partial charge in [0.1, 0.15) is 17.7 Å². The molecule has 0 aliphatic carbocycles. The predicted octanol–water partition coefficient (Wildman–Crippen LogP) is 5.35. The summed E-state index contributed by atoms with van der Waals surface area (Å²) in [6.07, 6.45) is 1.03. The van der Waals surface area contributed by atoms with Crippen LogP contribution in [-0.4, -0.2) is 77.1 Å². The number of halogens is 1. The monoisotopic (exact) mass is 748 g/mol. The lowest BCUT2D eigenvalue weighted by Gasteiger charge is -2.19. The number of carboxylic acid groups (broad SMARTS) is 3. The molecule has 0 fully saturated rings. The number of hydrogen-bond donors (Lipinski definition) is 5. The van der Waals surface area contributed by atoms with E-state index in [2.05, 4.69) is 30.2 Å². The van der Waals surface area contributed by atoms with Crippen molar-refractivity contribution in [1.82, 2.24) is 30.2 Å². The van der Waals surface area contributed by atoms with E-state index in [9.17, 15) is 33.8 Å². The fourth-order valence-electron chi connectivity index (χ4n) is 5.72. The van der Waals surface area contributed by atoms with Gasteiger partial charge in [-0.25, -0.2) is 38.9 Å². The Morgan fingerprint density at radius 1 is 0.891 bits per heavy atom. The Morgan fingerprint density at radius 2 is 1.58 bits per heavy atom. The van der Waals surface area contributed by atoms with E-state index < -0.39 is 35.7 Å². The molecule has 1 unspecified atom stereocenters. The zero-order valence-electron chi connectivity index (χ0n) is 30.2. The molecule has 55 heavy (non-hydrogen) atoms. The number of carbonyl (C=O) groups excluding carboxylic acids is 1. The van der Waals surface area contributed by atoms with Crippen molar-refractivity contribution in [2.75, 3.05) is 17.7 Å². The molecule has 0 saturated carbocycles. The number of rotatable bonds is 11. The summed E-state index contributed by atoms with van der Waals surface area (Å²) in [6.45, 7) is 5.81. The first kappa shape index (κ1) is 39.1. The SMILES string of the molecule is Cc1ccc(-c2nc3ccc(F)cc3c(C(=O)O)c2C)cc1.Cc1nc(N)c2nc(CN(C)c3ccc(C(=O)NC(CCC(=O)O)C(=O)O)cc3)cnc2n1. The van der Waals surface area contributed by atoms with Crippen molar-refractivity contribution < 1.29 is 38.9 Å². The Kier molecular flexibility index (Phi) is 11.9. The number of amides is 1. The van der Waals surface area contributed by atoms with E-state index in [1.165, 1.54) is 18.2 Å². The largest absolute Gasteiger partial charge is 0.481 e. The van der Waals surface area contributed by atoms with Gasteiger partial charge in [-0.2, -0.15) is 0 Å². The third kappa shape index (κ3) is 9.47. The van der Waals surface area contributed by atoms with Gasteiger partial charge in [-0.15, -0.1) is 0 Å². The first-order chi connectivity index (χ1) is 26.1. The number of carboxylic acids is 3. The molecule has 16 heteroatoms. The lowest BCUT2D eigenvalue weighted by atomic mass is 9.97. The Labute approximate surface area is 313 Å². The molecule has 282 valence electrons. The molecule has 0 radical (unpaired) electrons. The van der Waals surface area contributed by atoms with Crippen LogP contribution in [0.1, 0.15) is 56.2 Å². The maximum absolute atomic E-state index is 13.5. The summed E-state index contributed by atoms with van der Waals surface area (Å²) < 4.78 is 13.5. The molecule has 3 aromatic heterocycles. The van der Waals surface area contributed by atoms with Gasteiger partial charge < -0.3 is 31.3 Å². The quantitative estimate of drug-likeness (QED) is 0.112. The van der Waals surface area contributed by atoms with Gasteiger partial charge in [0.25, 0.3) is 5.91 Å². The minimum Gasteiger partial charge on any atom is -0.481 e. The van der Waals surface area contributed by atoms with Gasteiger partial charge in [0.2, 0.25) is 0 Å². The van der Waals surface area contributed by atoms with E-state index in [1.807, 2.05) is 43.1 Å². The number of anilines is 2.